The van der Waals surface area contributed by atoms with Gasteiger partial charge in [0, 0.05) is 29.7 Å². The van der Waals surface area contributed by atoms with Gasteiger partial charge in [-0.3, -0.25) is 0 Å². The topological polar surface area (TPSA) is 64.6 Å². The average Bonchev–Trinajstić information content (AvgIpc) is 2.75. The predicted octanol–water partition coefficient (Wildman–Crippen LogP) is 6.14. The molecule has 1 N–H and O–H groups in total. The quantitative estimate of drug-likeness (QED) is 0.331. The fourth-order valence-electron chi connectivity index (χ4n) is 3.05. The molecule has 0 fully saturated rings. The minimum Gasteiger partial charge on any atom is -0.493 e. The van der Waals surface area contributed by atoms with Crippen molar-refractivity contribution in [3.8, 4) is 11.5 Å². The maximum atomic E-state index is 11.2. The molecule has 5 nitrogen and oxygen atoms in total. The van der Waals surface area contributed by atoms with Gasteiger partial charge in [0.15, 0.2) is 5.75 Å². The van der Waals surface area contributed by atoms with Gasteiger partial charge in [-0.25, -0.2) is 13.1 Å². The number of halogens is 3. The molecule has 0 aromatic heterocycles. The Bertz CT molecular complexity index is 1000. The van der Waals surface area contributed by atoms with Crippen LogP contribution in [0.3, 0.4) is 0 Å². The summed E-state index contributed by atoms with van der Waals surface area (Å²) >= 11 is 18.8. The van der Waals surface area contributed by atoms with Crippen molar-refractivity contribution in [2.24, 2.45) is 11.8 Å². The van der Waals surface area contributed by atoms with Crippen LogP contribution in [-0.2, 0) is 15.4 Å². The van der Waals surface area contributed by atoms with Crippen LogP contribution in [0.5, 0.6) is 11.5 Å². The molecule has 0 spiro atoms. The van der Waals surface area contributed by atoms with Gasteiger partial charge < -0.3 is 9.47 Å². The molecule has 0 bridgehead atoms. The first-order valence-corrected chi connectivity index (χ1v) is 13.9. The van der Waals surface area contributed by atoms with Gasteiger partial charge in [0.05, 0.1) is 29.5 Å². The first-order valence-electron chi connectivity index (χ1n) is 10.7. The third-order valence-electron chi connectivity index (χ3n) is 5.30. The number of rotatable bonds is 12. The molecule has 2 aromatic carbocycles. The van der Waals surface area contributed by atoms with Crippen molar-refractivity contribution in [3.63, 3.8) is 0 Å². The minimum atomic E-state index is -3.21. The summed E-state index contributed by atoms with van der Waals surface area (Å²) in [5.74, 6) is 1.91. The van der Waals surface area contributed by atoms with E-state index in [9.17, 15) is 8.42 Å². The van der Waals surface area contributed by atoms with E-state index in [-0.39, 0.29) is 17.3 Å². The Labute approximate surface area is 212 Å². The molecule has 0 unspecified atom stereocenters. The molecule has 0 aliphatic rings. The van der Waals surface area contributed by atoms with E-state index in [0.717, 1.165) is 17.4 Å². The van der Waals surface area contributed by atoms with Gasteiger partial charge in [0.2, 0.25) is 10.0 Å². The van der Waals surface area contributed by atoms with Crippen molar-refractivity contribution in [1.29, 1.82) is 0 Å². The van der Waals surface area contributed by atoms with Crippen LogP contribution >= 0.6 is 34.8 Å². The number of hydrogen-bond acceptors (Lipinski definition) is 4. The molecule has 0 saturated carbocycles. The van der Waals surface area contributed by atoms with Gasteiger partial charge in [-0.15, -0.1) is 11.6 Å². The van der Waals surface area contributed by atoms with E-state index in [0.29, 0.717) is 47.2 Å². The van der Waals surface area contributed by atoms with Crippen molar-refractivity contribution in [3.05, 3.63) is 57.6 Å². The Morgan fingerprint density at radius 1 is 0.939 bits per heavy atom. The average molecular weight is 537 g/mol. The largest absolute Gasteiger partial charge is 0.493 e. The Morgan fingerprint density at radius 3 is 2.00 bits per heavy atom. The molecule has 0 aliphatic carbocycles. The minimum absolute atomic E-state index is 0.0354. The summed E-state index contributed by atoms with van der Waals surface area (Å²) in [7, 11) is -3.21. The summed E-state index contributed by atoms with van der Waals surface area (Å²) < 4.78 is 36.5. The number of hydrogen-bond donors (Lipinski definition) is 1. The first-order chi connectivity index (χ1) is 15.3. The van der Waals surface area contributed by atoms with Crippen LogP contribution in [0.1, 0.15) is 38.8 Å². The van der Waals surface area contributed by atoms with E-state index in [2.05, 4.69) is 18.6 Å². The smallest absolute Gasteiger partial charge is 0.208 e. The zero-order valence-electron chi connectivity index (χ0n) is 19.6. The van der Waals surface area contributed by atoms with Gasteiger partial charge in [-0.1, -0.05) is 63.0 Å². The highest BCUT2D eigenvalue weighted by Gasteiger charge is 2.26. The zero-order chi connectivity index (χ0) is 24.8. The molecular weight excluding hydrogens is 505 g/mol. The lowest BCUT2D eigenvalue weighted by Gasteiger charge is -2.27. The van der Waals surface area contributed by atoms with Crippen molar-refractivity contribution in [2.45, 2.75) is 33.1 Å². The maximum Gasteiger partial charge on any atom is 0.208 e. The lowest BCUT2D eigenvalue weighted by molar-refractivity contribution is 0.261. The van der Waals surface area contributed by atoms with E-state index >= 15 is 0 Å². The Hall–Kier alpha value is -1.18. The molecule has 2 aromatic rings. The molecule has 33 heavy (non-hydrogen) atoms. The normalized spacial score (nSPS) is 14.1. The molecule has 0 radical (unpaired) electrons. The van der Waals surface area contributed by atoms with Gasteiger partial charge in [-0.2, -0.15) is 0 Å². The summed E-state index contributed by atoms with van der Waals surface area (Å²) in [6.45, 7) is 9.28. The summed E-state index contributed by atoms with van der Waals surface area (Å²) in [5, 5.41) is 0.924. The molecule has 0 aliphatic heterocycles. The zero-order valence-corrected chi connectivity index (χ0v) is 22.7. The van der Waals surface area contributed by atoms with E-state index in [1.54, 1.807) is 0 Å². The van der Waals surface area contributed by atoms with Gasteiger partial charge in [0.1, 0.15) is 5.75 Å². The Kier molecular flexibility index (Phi) is 10.2. The van der Waals surface area contributed by atoms with Crippen LogP contribution in [-0.4, -0.2) is 40.3 Å². The second-order valence-corrected chi connectivity index (χ2v) is 12.0. The Morgan fingerprint density at radius 2 is 1.48 bits per heavy atom. The van der Waals surface area contributed by atoms with Crippen LogP contribution in [0.25, 0.3) is 0 Å². The van der Waals surface area contributed by atoms with Crippen LogP contribution in [0.2, 0.25) is 10.0 Å². The monoisotopic (exact) mass is 535 g/mol. The number of benzene rings is 2. The van der Waals surface area contributed by atoms with Crippen molar-refractivity contribution < 1.29 is 17.9 Å². The Balaban J connectivity index is 2.09. The highest BCUT2D eigenvalue weighted by molar-refractivity contribution is 7.88. The van der Waals surface area contributed by atoms with Gasteiger partial charge >= 0.3 is 0 Å². The predicted molar refractivity (Wildman–Crippen MR) is 138 cm³/mol. The van der Waals surface area contributed by atoms with E-state index in [1.807, 2.05) is 50.2 Å². The third kappa shape index (κ3) is 8.52. The van der Waals surface area contributed by atoms with Crippen LogP contribution in [0.4, 0.5) is 0 Å². The molecule has 0 amide bonds. The summed E-state index contributed by atoms with van der Waals surface area (Å²) in [5.41, 5.74) is 1.67. The van der Waals surface area contributed by atoms with Crippen molar-refractivity contribution in [2.75, 3.05) is 31.9 Å². The lowest BCUT2D eigenvalue weighted by Crippen LogP contribution is -2.29. The summed E-state index contributed by atoms with van der Waals surface area (Å²) in [6.07, 6.45) is 1.14. The highest BCUT2D eigenvalue weighted by atomic mass is 35.5. The number of sulfonamides is 1. The molecule has 0 saturated heterocycles. The fourth-order valence-corrected chi connectivity index (χ4v) is 4.33. The lowest BCUT2D eigenvalue weighted by atomic mass is 9.78. The molecule has 2 atom stereocenters. The molecule has 0 heterocycles. The molecule has 2 rings (SSSR count). The number of nitrogens with one attached hydrogen (secondary N) is 1. The number of alkyl halides is 1. The SMILES string of the molecule is C[C@H](CNS(C)(=O)=O)COc1ccc(C(C)(C)c2cc(Cl)c(OC[C@@H](C)CCl)c(Cl)c2)cc1. The second-order valence-electron chi connectivity index (χ2n) is 9.03. The summed E-state index contributed by atoms with van der Waals surface area (Å²) in [6, 6.07) is 11.6. The molecule has 184 valence electrons. The van der Waals surface area contributed by atoms with Crippen molar-refractivity contribution >= 4 is 44.8 Å². The summed E-state index contributed by atoms with van der Waals surface area (Å²) in [4.78, 5) is 0. The van der Waals surface area contributed by atoms with E-state index in [4.69, 9.17) is 44.3 Å². The third-order valence-corrected chi connectivity index (χ3v) is 7.08. The van der Waals surface area contributed by atoms with Crippen LogP contribution in [0, 0.1) is 11.8 Å². The van der Waals surface area contributed by atoms with Gasteiger partial charge in [-0.05, 0) is 35.4 Å². The first kappa shape index (κ1) is 28.1. The number of ether oxygens (including phenoxy) is 2. The van der Waals surface area contributed by atoms with E-state index in [1.165, 1.54) is 0 Å². The standard InChI is InChI=1S/C24H32Cl3NO4S/c1-16(12-25)14-32-23-21(26)10-19(11-22(23)27)24(3,4)18-6-8-20(9-7-18)31-15-17(2)13-28-33(5,29)30/h6-11,16-17,28H,12-15H2,1-5H3/t16-,17+/m0/s1. The van der Waals surface area contributed by atoms with Gasteiger partial charge in [0.25, 0.3) is 0 Å². The maximum absolute atomic E-state index is 11.2. The van der Waals surface area contributed by atoms with Crippen molar-refractivity contribution in [1.82, 2.24) is 4.72 Å². The van der Waals surface area contributed by atoms with Crippen LogP contribution in [0.15, 0.2) is 36.4 Å². The highest BCUT2D eigenvalue weighted by Crippen LogP contribution is 2.40. The van der Waals surface area contributed by atoms with Crippen LogP contribution < -0.4 is 14.2 Å². The second kappa shape index (κ2) is 12.0. The molecule has 9 heteroatoms. The molecular formula is C24H32Cl3NO4S. The van der Waals surface area contributed by atoms with E-state index < -0.39 is 10.0 Å². The fraction of sp³-hybridized carbons (Fsp3) is 0.500.